The van der Waals surface area contributed by atoms with Crippen LogP contribution in [0.4, 0.5) is 4.79 Å². The molecule has 2 N–H and O–H groups in total. The van der Waals surface area contributed by atoms with Crippen LogP contribution in [0.3, 0.4) is 0 Å². The van der Waals surface area contributed by atoms with Gasteiger partial charge in [0.15, 0.2) is 11.5 Å². The van der Waals surface area contributed by atoms with Crippen LogP contribution >= 0.6 is 11.6 Å². The van der Waals surface area contributed by atoms with Gasteiger partial charge in [-0.1, -0.05) is 51.6 Å². The monoisotopic (exact) mass is 314 g/mol. The second-order valence-electron chi connectivity index (χ2n) is 5.05. The molecule has 118 valence electrons. The number of carboxylic acid groups (broad SMARTS) is 1. The van der Waals surface area contributed by atoms with E-state index >= 15 is 0 Å². The first kappa shape index (κ1) is 17.6. The van der Waals surface area contributed by atoms with E-state index < -0.39 is 6.16 Å². The van der Waals surface area contributed by atoms with Gasteiger partial charge in [-0.3, -0.25) is 0 Å². The molecule has 0 saturated carbocycles. The highest BCUT2D eigenvalue weighted by molar-refractivity contribution is 6.33. The number of ether oxygens (including phenoxy) is 1. The summed E-state index contributed by atoms with van der Waals surface area (Å²) in [5, 5.41) is 19.4. The van der Waals surface area contributed by atoms with Crippen molar-refractivity contribution >= 4 is 17.8 Å². The fourth-order valence-electron chi connectivity index (χ4n) is 2.60. The van der Waals surface area contributed by atoms with Gasteiger partial charge in [0.2, 0.25) is 0 Å². The average Bonchev–Trinajstić information content (AvgIpc) is 2.43. The molecule has 1 aromatic carbocycles. The summed E-state index contributed by atoms with van der Waals surface area (Å²) in [4.78, 5) is 10.8. The molecule has 0 heterocycles. The van der Waals surface area contributed by atoms with E-state index in [0.717, 1.165) is 48.8 Å². The van der Waals surface area contributed by atoms with E-state index in [1.807, 2.05) is 13.8 Å². The first-order valence-corrected chi connectivity index (χ1v) is 7.81. The molecular weight excluding hydrogens is 292 g/mol. The van der Waals surface area contributed by atoms with Gasteiger partial charge in [-0.25, -0.2) is 4.79 Å². The Morgan fingerprint density at radius 1 is 1.00 bits per heavy atom. The molecule has 0 amide bonds. The second-order valence-corrected chi connectivity index (χ2v) is 5.42. The molecule has 0 aromatic heterocycles. The lowest BCUT2D eigenvalue weighted by Gasteiger charge is -2.20. The molecule has 0 bridgehead atoms. The molecule has 0 fully saturated rings. The number of phenols is 1. The van der Waals surface area contributed by atoms with Gasteiger partial charge >= 0.3 is 6.16 Å². The third kappa shape index (κ3) is 4.03. The van der Waals surface area contributed by atoms with Gasteiger partial charge < -0.3 is 14.9 Å². The maximum absolute atomic E-state index is 10.8. The van der Waals surface area contributed by atoms with Crippen LogP contribution in [-0.4, -0.2) is 16.4 Å². The highest BCUT2D eigenvalue weighted by Crippen LogP contribution is 2.44. The van der Waals surface area contributed by atoms with Gasteiger partial charge in [0.05, 0.1) is 5.02 Å². The zero-order chi connectivity index (χ0) is 16.0. The van der Waals surface area contributed by atoms with Gasteiger partial charge in [0, 0.05) is 5.56 Å². The third-order valence-corrected chi connectivity index (χ3v) is 3.78. The normalized spacial score (nSPS) is 10.7. The zero-order valence-corrected chi connectivity index (χ0v) is 13.6. The van der Waals surface area contributed by atoms with Crippen LogP contribution in [0.2, 0.25) is 5.02 Å². The topological polar surface area (TPSA) is 66.8 Å². The number of halogens is 1. The predicted octanol–water partition coefficient (Wildman–Crippen LogP) is 4.96. The van der Waals surface area contributed by atoms with Crippen molar-refractivity contribution in [1.82, 2.24) is 0 Å². The number of aromatic hydroxyl groups is 1. The Morgan fingerprint density at radius 3 is 1.95 bits per heavy atom. The predicted molar refractivity (Wildman–Crippen MR) is 83.8 cm³/mol. The van der Waals surface area contributed by atoms with Crippen molar-refractivity contribution in [3.63, 3.8) is 0 Å². The number of phenolic OH excluding ortho intramolecular Hbond substituents is 1. The van der Waals surface area contributed by atoms with Gasteiger partial charge in [0.25, 0.3) is 0 Å². The molecule has 1 aromatic rings. The minimum Gasteiger partial charge on any atom is -0.504 e. The van der Waals surface area contributed by atoms with Crippen LogP contribution in [0.25, 0.3) is 0 Å². The summed E-state index contributed by atoms with van der Waals surface area (Å²) < 4.78 is 4.72. The summed E-state index contributed by atoms with van der Waals surface area (Å²) >= 11 is 6.30. The molecule has 1 rings (SSSR count). The Hall–Kier alpha value is -1.42. The largest absolute Gasteiger partial charge is 0.511 e. The minimum absolute atomic E-state index is 0.129. The van der Waals surface area contributed by atoms with Gasteiger partial charge in [0.1, 0.15) is 0 Å². The van der Waals surface area contributed by atoms with E-state index in [0.29, 0.717) is 6.42 Å². The van der Waals surface area contributed by atoms with Crippen molar-refractivity contribution in [1.29, 1.82) is 0 Å². The molecule has 0 radical (unpaired) electrons. The molecule has 4 nitrogen and oxygen atoms in total. The lowest BCUT2D eigenvalue weighted by molar-refractivity contribution is 0.142. The van der Waals surface area contributed by atoms with Crippen molar-refractivity contribution in [2.24, 2.45) is 0 Å². The number of hydrogen-bond donors (Lipinski definition) is 2. The van der Waals surface area contributed by atoms with E-state index in [4.69, 9.17) is 21.4 Å². The van der Waals surface area contributed by atoms with Crippen LogP contribution in [-0.2, 0) is 19.3 Å². The molecule has 0 aliphatic rings. The summed E-state index contributed by atoms with van der Waals surface area (Å²) in [6, 6.07) is 0. The summed E-state index contributed by atoms with van der Waals surface area (Å²) in [5.41, 5.74) is 2.71. The molecule has 0 saturated heterocycles. The minimum atomic E-state index is -1.47. The van der Waals surface area contributed by atoms with Crippen LogP contribution < -0.4 is 4.74 Å². The summed E-state index contributed by atoms with van der Waals surface area (Å²) in [5.74, 6) is -0.261. The molecule has 0 unspecified atom stereocenters. The molecule has 21 heavy (non-hydrogen) atoms. The Kier molecular flexibility index (Phi) is 6.82. The van der Waals surface area contributed by atoms with Crippen LogP contribution in [0, 0.1) is 0 Å². The maximum Gasteiger partial charge on any atom is 0.511 e. The highest BCUT2D eigenvalue weighted by atomic mass is 35.5. The average molecular weight is 315 g/mol. The number of benzene rings is 1. The van der Waals surface area contributed by atoms with Gasteiger partial charge in [-0.15, -0.1) is 0 Å². The maximum atomic E-state index is 10.8. The second kappa shape index (κ2) is 8.13. The Morgan fingerprint density at radius 2 is 1.48 bits per heavy atom. The van der Waals surface area contributed by atoms with Crippen LogP contribution in [0.15, 0.2) is 0 Å². The molecule has 5 heteroatoms. The van der Waals surface area contributed by atoms with Crippen molar-refractivity contribution in [2.45, 2.75) is 59.3 Å². The standard InChI is InChI=1S/C16H23ClO4/c1-4-7-10-11(8-5-2)13(17)15(21-16(19)20)14(18)12(10)9-6-3/h18H,4-9H2,1-3H3,(H,19,20). The number of rotatable bonds is 7. The fourth-order valence-corrected chi connectivity index (χ4v) is 2.93. The smallest absolute Gasteiger partial charge is 0.504 e. The lowest BCUT2D eigenvalue weighted by atomic mass is 9.91. The molecule has 0 atom stereocenters. The van der Waals surface area contributed by atoms with Gasteiger partial charge in [-0.05, 0) is 30.4 Å². The highest BCUT2D eigenvalue weighted by Gasteiger charge is 2.24. The van der Waals surface area contributed by atoms with E-state index in [9.17, 15) is 9.90 Å². The fraction of sp³-hybridized carbons (Fsp3) is 0.562. The molecule has 0 aliphatic heterocycles. The molecule has 0 spiro atoms. The third-order valence-electron chi connectivity index (χ3n) is 3.38. The Bertz CT molecular complexity index is 478. The lowest BCUT2D eigenvalue weighted by Crippen LogP contribution is -2.09. The van der Waals surface area contributed by atoms with Crippen LogP contribution in [0.1, 0.15) is 56.7 Å². The Labute approximate surface area is 130 Å². The SMILES string of the molecule is CCCc1c(O)c(OC(=O)O)c(Cl)c(CCC)c1CCC. The zero-order valence-electron chi connectivity index (χ0n) is 12.8. The first-order valence-electron chi connectivity index (χ1n) is 7.43. The van der Waals surface area contributed by atoms with Crippen molar-refractivity contribution in [3.8, 4) is 11.5 Å². The van der Waals surface area contributed by atoms with Gasteiger partial charge in [-0.2, -0.15) is 0 Å². The molecule has 0 aliphatic carbocycles. The summed E-state index contributed by atoms with van der Waals surface area (Å²) in [7, 11) is 0. The van der Waals surface area contributed by atoms with Crippen molar-refractivity contribution in [3.05, 3.63) is 21.7 Å². The van der Waals surface area contributed by atoms with Crippen molar-refractivity contribution in [2.75, 3.05) is 0 Å². The van der Waals surface area contributed by atoms with E-state index in [1.165, 1.54) is 0 Å². The number of hydrogen-bond acceptors (Lipinski definition) is 3. The quantitative estimate of drug-likeness (QED) is 0.551. The first-order chi connectivity index (χ1) is 9.97. The van der Waals surface area contributed by atoms with Crippen LogP contribution in [0.5, 0.6) is 11.5 Å². The van der Waals surface area contributed by atoms with E-state index in [1.54, 1.807) is 0 Å². The van der Waals surface area contributed by atoms with E-state index in [-0.39, 0.29) is 16.5 Å². The summed E-state index contributed by atoms with van der Waals surface area (Å²) in [6.07, 6.45) is 3.42. The number of carbonyl (C=O) groups is 1. The van der Waals surface area contributed by atoms with E-state index in [2.05, 4.69) is 6.92 Å². The Balaban J connectivity index is 3.57. The summed E-state index contributed by atoms with van der Waals surface area (Å²) in [6.45, 7) is 6.12. The molecular formula is C16H23ClO4. The van der Waals surface area contributed by atoms with Crippen molar-refractivity contribution < 1.29 is 19.7 Å².